The Hall–Kier alpha value is -2.18. The molecule has 0 atom stereocenters. The molecule has 4 nitrogen and oxygen atoms in total. The van der Waals surface area contributed by atoms with Gasteiger partial charge in [0.1, 0.15) is 4.34 Å². The largest absolute Gasteiger partial charge is 0.322 e. The number of para-hydroxylation sites is 2. The molecular weight excluding hydrogens is 425 g/mol. The van der Waals surface area contributed by atoms with E-state index in [1.807, 2.05) is 24.3 Å². The van der Waals surface area contributed by atoms with Crippen molar-refractivity contribution in [1.82, 2.24) is 9.97 Å². The van der Waals surface area contributed by atoms with E-state index in [1.54, 1.807) is 24.4 Å². The van der Waals surface area contributed by atoms with E-state index in [0.29, 0.717) is 36.2 Å². The maximum atomic E-state index is 12.4. The van der Waals surface area contributed by atoms with Crippen molar-refractivity contribution >= 4 is 68.8 Å². The lowest BCUT2D eigenvalue weighted by Gasteiger charge is -2.09. The fourth-order valence-corrected chi connectivity index (χ4v) is 4.25. The predicted octanol–water partition coefficient (Wildman–Crippen LogP) is 6.57. The van der Waals surface area contributed by atoms with Gasteiger partial charge in [-0.2, -0.15) is 0 Å². The molecule has 0 unspecified atom stereocenters. The minimum atomic E-state index is -0.346. The normalized spacial score (nSPS) is 10.9. The molecule has 0 bridgehead atoms. The Kier molecular flexibility index (Phi) is 5.02. The van der Waals surface area contributed by atoms with E-state index in [1.165, 1.54) is 6.07 Å². The van der Waals surface area contributed by atoms with Gasteiger partial charge in [0.2, 0.25) is 0 Å². The molecule has 1 amide bonds. The SMILES string of the molecule is O=C(Nc1ccc(Cl)c(-c2cnc3ccccc3n2)c1)c1cc(Cl)sc1Cl. The summed E-state index contributed by atoms with van der Waals surface area (Å²) in [4.78, 5) is 21.5. The summed E-state index contributed by atoms with van der Waals surface area (Å²) in [6, 6.07) is 14.3. The molecule has 0 aliphatic rings. The molecule has 27 heavy (non-hydrogen) atoms. The first kappa shape index (κ1) is 18.2. The molecule has 4 rings (SSSR count). The van der Waals surface area contributed by atoms with Crippen LogP contribution in [0.5, 0.6) is 0 Å². The summed E-state index contributed by atoms with van der Waals surface area (Å²) in [5, 5.41) is 3.31. The zero-order chi connectivity index (χ0) is 19.0. The molecule has 0 fully saturated rings. The van der Waals surface area contributed by atoms with Gasteiger partial charge in [-0.05, 0) is 36.4 Å². The van der Waals surface area contributed by atoms with Crippen LogP contribution in [0.4, 0.5) is 5.69 Å². The number of anilines is 1. The standard InChI is InChI=1S/C19H10Cl3N3OS/c20-13-6-5-10(24-19(26)12-8-17(21)27-18(12)22)7-11(13)16-9-23-14-3-1-2-4-15(14)25-16/h1-9H,(H,24,26). The Bertz CT molecular complexity index is 1180. The van der Waals surface area contributed by atoms with Crippen LogP contribution in [0.15, 0.2) is 54.7 Å². The molecule has 0 aliphatic carbocycles. The molecule has 0 saturated heterocycles. The van der Waals surface area contributed by atoms with Crippen molar-refractivity contribution in [3.63, 3.8) is 0 Å². The van der Waals surface area contributed by atoms with Gasteiger partial charge in [0.25, 0.3) is 5.91 Å². The first-order valence-electron chi connectivity index (χ1n) is 7.79. The maximum Gasteiger partial charge on any atom is 0.258 e. The van der Waals surface area contributed by atoms with Gasteiger partial charge in [0, 0.05) is 11.3 Å². The summed E-state index contributed by atoms with van der Waals surface area (Å²) in [6.45, 7) is 0. The zero-order valence-electron chi connectivity index (χ0n) is 13.5. The Balaban J connectivity index is 1.68. The van der Waals surface area contributed by atoms with Crippen LogP contribution < -0.4 is 5.32 Å². The monoisotopic (exact) mass is 433 g/mol. The summed E-state index contributed by atoms with van der Waals surface area (Å²) in [5.41, 5.74) is 3.74. The number of amides is 1. The van der Waals surface area contributed by atoms with Crippen LogP contribution in [0.2, 0.25) is 13.7 Å². The fourth-order valence-electron chi connectivity index (χ4n) is 2.58. The van der Waals surface area contributed by atoms with Gasteiger partial charge in [0.15, 0.2) is 0 Å². The second kappa shape index (κ2) is 7.44. The summed E-state index contributed by atoms with van der Waals surface area (Å²) in [7, 11) is 0. The van der Waals surface area contributed by atoms with Crippen LogP contribution >= 0.6 is 46.1 Å². The summed E-state index contributed by atoms with van der Waals surface area (Å²) >= 11 is 19.4. The molecular formula is C19H10Cl3N3OS. The number of rotatable bonds is 3. The number of hydrogen-bond donors (Lipinski definition) is 1. The molecule has 1 N–H and O–H groups in total. The topological polar surface area (TPSA) is 54.9 Å². The molecule has 2 aromatic carbocycles. The average molecular weight is 435 g/mol. The Labute approximate surface area is 173 Å². The van der Waals surface area contributed by atoms with Crippen molar-refractivity contribution in [3.8, 4) is 11.3 Å². The van der Waals surface area contributed by atoms with E-state index in [2.05, 4.69) is 15.3 Å². The highest BCUT2D eigenvalue weighted by Gasteiger charge is 2.15. The molecule has 0 spiro atoms. The van der Waals surface area contributed by atoms with Crippen molar-refractivity contribution < 1.29 is 4.79 Å². The van der Waals surface area contributed by atoms with Gasteiger partial charge in [-0.25, -0.2) is 4.98 Å². The number of aromatic nitrogens is 2. The third-order valence-electron chi connectivity index (χ3n) is 3.85. The van der Waals surface area contributed by atoms with Crippen molar-refractivity contribution in [2.24, 2.45) is 0 Å². The Morgan fingerprint density at radius 2 is 1.78 bits per heavy atom. The average Bonchev–Trinajstić information content (AvgIpc) is 3.01. The molecule has 8 heteroatoms. The highest BCUT2D eigenvalue weighted by molar-refractivity contribution is 7.20. The van der Waals surface area contributed by atoms with E-state index >= 15 is 0 Å². The van der Waals surface area contributed by atoms with Gasteiger partial charge < -0.3 is 5.32 Å². The number of carbonyl (C=O) groups excluding carboxylic acids is 1. The number of hydrogen-bond acceptors (Lipinski definition) is 4. The molecule has 0 aliphatic heterocycles. The Morgan fingerprint density at radius 3 is 2.52 bits per heavy atom. The lowest BCUT2D eigenvalue weighted by molar-refractivity contribution is 0.102. The summed E-state index contributed by atoms with van der Waals surface area (Å²) in [5.74, 6) is -0.346. The number of halogens is 3. The smallest absolute Gasteiger partial charge is 0.258 e. The zero-order valence-corrected chi connectivity index (χ0v) is 16.6. The molecule has 4 aromatic rings. The number of nitrogens with zero attached hydrogens (tertiary/aromatic N) is 2. The van der Waals surface area contributed by atoms with Gasteiger partial charge in [-0.15, -0.1) is 11.3 Å². The van der Waals surface area contributed by atoms with E-state index in [0.717, 1.165) is 22.4 Å². The number of fused-ring (bicyclic) bond motifs is 1. The van der Waals surface area contributed by atoms with Crippen LogP contribution in [0.25, 0.3) is 22.3 Å². The quantitative estimate of drug-likeness (QED) is 0.396. The highest BCUT2D eigenvalue weighted by atomic mass is 35.5. The minimum Gasteiger partial charge on any atom is -0.322 e. The van der Waals surface area contributed by atoms with Crippen molar-refractivity contribution in [2.75, 3.05) is 5.32 Å². The van der Waals surface area contributed by atoms with E-state index < -0.39 is 0 Å². The number of benzene rings is 2. The first-order valence-corrected chi connectivity index (χ1v) is 9.74. The number of carbonyl (C=O) groups is 1. The second-order valence-electron chi connectivity index (χ2n) is 5.63. The van der Waals surface area contributed by atoms with Gasteiger partial charge in [-0.3, -0.25) is 9.78 Å². The van der Waals surface area contributed by atoms with Crippen molar-refractivity contribution in [3.05, 3.63) is 74.0 Å². The van der Waals surface area contributed by atoms with Gasteiger partial charge >= 0.3 is 0 Å². The van der Waals surface area contributed by atoms with Gasteiger partial charge in [0.05, 0.1) is 37.8 Å². The molecule has 2 aromatic heterocycles. The second-order valence-corrected chi connectivity index (χ2v) is 8.32. The molecule has 134 valence electrons. The van der Waals surface area contributed by atoms with E-state index in [-0.39, 0.29) is 5.91 Å². The van der Waals surface area contributed by atoms with Gasteiger partial charge in [-0.1, -0.05) is 46.9 Å². The highest BCUT2D eigenvalue weighted by Crippen LogP contribution is 2.33. The maximum absolute atomic E-state index is 12.4. The van der Waals surface area contributed by atoms with Crippen LogP contribution in [0.1, 0.15) is 10.4 Å². The number of thiophene rings is 1. The minimum absolute atomic E-state index is 0.327. The van der Waals surface area contributed by atoms with Crippen molar-refractivity contribution in [2.45, 2.75) is 0 Å². The lowest BCUT2D eigenvalue weighted by Crippen LogP contribution is -2.11. The van der Waals surface area contributed by atoms with Crippen LogP contribution in [0.3, 0.4) is 0 Å². The molecule has 0 saturated carbocycles. The Morgan fingerprint density at radius 1 is 1.00 bits per heavy atom. The van der Waals surface area contributed by atoms with Crippen LogP contribution in [0, 0.1) is 0 Å². The molecule has 0 radical (unpaired) electrons. The van der Waals surface area contributed by atoms with Crippen LogP contribution in [-0.4, -0.2) is 15.9 Å². The van der Waals surface area contributed by atoms with Crippen LogP contribution in [-0.2, 0) is 0 Å². The molecule has 2 heterocycles. The third kappa shape index (κ3) is 3.77. The summed E-state index contributed by atoms with van der Waals surface area (Å²) < 4.78 is 0.792. The number of nitrogens with one attached hydrogen (secondary N) is 1. The first-order chi connectivity index (χ1) is 13.0. The fraction of sp³-hybridized carbons (Fsp3) is 0. The lowest BCUT2D eigenvalue weighted by atomic mass is 10.1. The van der Waals surface area contributed by atoms with E-state index in [9.17, 15) is 4.79 Å². The third-order valence-corrected chi connectivity index (χ3v) is 5.67. The summed E-state index contributed by atoms with van der Waals surface area (Å²) in [6.07, 6.45) is 1.66. The predicted molar refractivity (Wildman–Crippen MR) is 112 cm³/mol. The van der Waals surface area contributed by atoms with Crippen molar-refractivity contribution in [1.29, 1.82) is 0 Å². The van der Waals surface area contributed by atoms with E-state index in [4.69, 9.17) is 34.8 Å².